The number of aromatic hydroxyl groups is 2. The summed E-state index contributed by atoms with van der Waals surface area (Å²) in [7, 11) is 0. The Hall–Kier alpha value is -3.07. The summed E-state index contributed by atoms with van der Waals surface area (Å²) in [6.45, 7) is 0. The van der Waals surface area contributed by atoms with Gasteiger partial charge in [0.2, 0.25) is 0 Å². The van der Waals surface area contributed by atoms with E-state index in [1.54, 1.807) is 24.3 Å². The molecule has 3 heteroatoms. The summed E-state index contributed by atoms with van der Waals surface area (Å²) in [5.41, 5.74) is 1.00. The molecule has 3 aromatic rings. The molecule has 0 radical (unpaired) electrons. The normalized spacial score (nSPS) is 11.1. The van der Waals surface area contributed by atoms with Crippen molar-refractivity contribution in [3.8, 4) is 11.5 Å². The fourth-order valence-electron chi connectivity index (χ4n) is 2.37. The summed E-state index contributed by atoms with van der Waals surface area (Å²) >= 11 is 0. The molecule has 0 aliphatic carbocycles. The van der Waals surface area contributed by atoms with E-state index in [2.05, 4.69) is 0 Å². The molecule has 0 heterocycles. The molecule has 0 aliphatic heterocycles. The molecule has 22 heavy (non-hydrogen) atoms. The first-order chi connectivity index (χ1) is 10.6. The number of fused-ring (bicyclic) bond motifs is 1. The predicted molar refractivity (Wildman–Crippen MR) is 87.1 cm³/mol. The third-order valence-electron chi connectivity index (χ3n) is 3.48. The van der Waals surface area contributed by atoms with Crippen LogP contribution in [0.3, 0.4) is 0 Å². The van der Waals surface area contributed by atoms with Crippen LogP contribution in [-0.4, -0.2) is 16.0 Å². The maximum absolute atomic E-state index is 12.1. The first kappa shape index (κ1) is 13.9. The topological polar surface area (TPSA) is 57.5 Å². The quantitative estimate of drug-likeness (QED) is 0.563. The minimum atomic E-state index is -0.233. The lowest BCUT2D eigenvalue weighted by Crippen LogP contribution is -1.93. The zero-order chi connectivity index (χ0) is 15.5. The standard InChI is InChI=1S/C19H14O3/c20-15-6-3-5-14(12-15)18(21)11-9-17-16-7-2-1-4-13(16)8-10-19(17)22/h1-12,20,22H/b11-9-. The van der Waals surface area contributed by atoms with Crippen molar-refractivity contribution in [2.75, 3.05) is 0 Å². The van der Waals surface area contributed by atoms with Crippen LogP contribution < -0.4 is 0 Å². The first-order valence-electron chi connectivity index (χ1n) is 6.87. The lowest BCUT2D eigenvalue weighted by Gasteiger charge is -2.05. The van der Waals surface area contributed by atoms with E-state index in [-0.39, 0.29) is 17.3 Å². The highest BCUT2D eigenvalue weighted by atomic mass is 16.3. The molecule has 3 aromatic carbocycles. The minimum absolute atomic E-state index is 0.0484. The summed E-state index contributed by atoms with van der Waals surface area (Å²) in [6.07, 6.45) is 3.00. The smallest absolute Gasteiger partial charge is 0.185 e. The highest BCUT2D eigenvalue weighted by Crippen LogP contribution is 2.28. The number of carbonyl (C=O) groups excluding carboxylic acids is 1. The Morgan fingerprint density at radius 1 is 0.909 bits per heavy atom. The average Bonchev–Trinajstić information content (AvgIpc) is 2.53. The zero-order valence-corrected chi connectivity index (χ0v) is 11.7. The van der Waals surface area contributed by atoms with Crippen LogP contribution in [0.15, 0.2) is 66.7 Å². The van der Waals surface area contributed by atoms with Crippen LogP contribution in [0.25, 0.3) is 16.8 Å². The van der Waals surface area contributed by atoms with Gasteiger partial charge >= 0.3 is 0 Å². The van der Waals surface area contributed by atoms with Gasteiger partial charge in [0.15, 0.2) is 5.78 Å². The van der Waals surface area contributed by atoms with Gasteiger partial charge in [-0.05, 0) is 41.1 Å². The Balaban J connectivity index is 1.99. The Kier molecular flexibility index (Phi) is 3.62. The number of rotatable bonds is 3. The van der Waals surface area contributed by atoms with E-state index in [1.807, 2.05) is 30.3 Å². The van der Waals surface area contributed by atoms with Crippen molar-refractivity contribution in [2.45, 2.75) is 0 Å². The Morgan fingerprint density at radius 3 is 2.55 bits per heavy atom. The Bertz CT molecular complexity index is 879. The third kappa shape index (κ3) is 2.69. The van der Waals surface area contributed by atoms with Gasteiger partial charge in [-0.15, -0.1) is 0 Å². The second-order valence-corrected chi connectivity index (χ2v) is 4.97. The lowest BCUT2D eigenvalue weighted by atomic mass is 10.0. The van der Waals surface area contributed by atoms with Gasteiger partial charge in [0.25, 0.3) is 0 Å². The van der Waals surface area contributed by atoms with Gasteiger partial charge in [0.1, 0.15) is 11.5 Å². The monoisotopic (exact) mass is 290 g/mol. The van der Waals surface area contributed by atoms with Crippen LogP contribution in [-0.2, 0) is 0 Å². The molecule has 0 aliphatic rings. The maximum Gasteiger partial charge on any atom is 0.185 e. The molecule has 3 rings (SSSR count). The second kappa shape index (κ2) is 5.74. The van der Waals surface area contributed by atoms with Crippen molar-refractivity contribution in [1.29, 1.82) is 0 Å². The van der Waals surface area contributed by atoms with Gasteiger partial charge in [-0.25, -0.2) is 0 Å². The van der Waals surface area contributed by atoms with E-state index in [1.165, 1.54) is 18.2 Å². The number of benzene rings is 3. The molecular weight excluding hydrogens is 276 g/mol. The molecule has 0 saturated heterocycles. The average molecular weight is 290 g/mol. The lowest BCUT2D eigenvalue weighted by molar-refractivity contribution is 0.104. The van der Waals surface area contributed by atoms with Crippen molar-refractivity contribution >= 4 is 22.6 Å². The van der Waals surface area contributed by atoms with Crippen LogP contribution in [0, 0.1) is 0 Å². The maximum atomic E-state index is 12.1. The number of hydrogen-bond acceptors (Lipinski definition) is 3. The van der Waals surface area contributed by atoms with E-state index in [0.717, 1.165) is 10.8 Å². The van der Waals surface area contributed by atoms with Gasteiger partial charge in [-0.1, -0.05) is 42.5 Å². The summed E-state index contributed by atoms with van der Waals surface area (Å²) in [6, 6.07) is 17.3. The van der Waals surface area contributed by atoms with Gasteiger partial charge in [0.05, 0.1) is 0 Å². The van der Waals surface area contributed by atoms with Crippen molar-refractivity contribution in [3.63, 3.8) is 0 Å². The van der Waals surface area contributed by atoms with Crippen LogP contribution in [0.1, 0.15) is 15.9 Å². The number of allylic oxidation sites excluding steroid dienone is 1. The molecule has 0 spiro atoms. The van der Waals surface area contributed by atoms with Gasteiger partial charge in [0, 0.05) is 11.1 Å². The van der Waals surface area contributed by atoms with Crippen molar-refractivity contribution in [3.05, 3.63) is 77.9 Å². The molecule has 3 nitrogen and oxygen atoms in total. The van der Waals surface area contributed by atoms with Gasteiger partial charge in [-0.2, -0.15) is 0 Å². The Morgan fingerprint density at radius 2 is 1.73 bits per heavy atom. The number of phenols is 2. The second-order valence-electron chi connectivity index (χ2n) is 4.97. The first-order valence-corrected chi connectivity index (χ1v) is 6.87. The molecular formula is C19H14O3. The molecule has 0 amide bonds. The summed E-state index contributed by atoms with van der Waals surface area (Å²) < 4.78 is 0. The van der Waals surface area contributed by atoms with Crippen LogP contribution >= 0.6 is 0 Å². The van der Waals surface area contributed by atoms with Crippen LogP contribution in [0.4, 0.5) is 0 Å². The minimum Gasteiger partial charge on any atom is -0.508 e. The molecule has 0 bridgehead atoms. The number of hydrogen-bond donors (Lipinski definition) is 2. The largest absolute Gasteiger partial charge is 0.508 e. The van der Waals surface area contributed by atoms with E-state index < -0.39 is 0 Å². The molecule has 0 saturated carbocycles. The van der Waals surface area contributed by atoms with Gasteiger partial charge < -0.3 is 10.2 Å². The Labute approximate surface area is 127 Å². The molecule has 0 atom stereocenters. The molecule has 0 aromatic heterocycles. The van der Waals surface area contributed by atoms with Crippen LogP contribution in [0.2, 0.25) is 0 Å². The molecule has 0 unspecified atom stereocenters. The van der Waals surface area contributed by atoms with Crippen LogP contribution in [0.5, 0.6) is 11.5 Å². The highest BCUT2D eigenvalue weighted by Gasteiger charge is 2.06. The SMILES string of the molecule is O=C(/C=C\c1c(O)ccc2ccccc12)c1cccc(O)c1. The van der Waals surface area contributed by atoms with Crippen molar-refractivity contribution < 1.29 is 15.0 Å². The van der Waals surface area contributed by atoms with E-state index in [0.29, 0.717) is 11.1 Å². The molecule has 108 valence electrons. The molecule has 0 fully saturated rings. The van der Waals surface area contributed by atoms with Crippen molar-refractivity contribution in [1.82, 2.24) is 0 Å². The number of ketones is 1. The number of carbonyl (C=O) groups is 1. The predicted octanol–water partition coefficient (Wildman–Crippen LogP) is 4.15. The van der Waals surface area contributed by atoms with Gasteiger partial charge in [-0.3, -0.25) is 4.79 Å². The zero-order valence-electron chi connectivity index (χ0n) is 11.7. The van der Waals surface area contributed by atoms with E-state index >= 15 is 0 Å². The summed E-state index contributed by atoms with van der Waals surface area (Å²) in [5, 5.41) is 21.3. The van der Waals surface area contributed by atoms with Crippen molar-refractivity contribution in [2.24, 2.45) is 0 Å². The molecule has 2 N–H and O–H groups in total. The third-order valence-corrected chi connectivity index (χ3v) is 3.48. The number of phenolic OH excluding ortho intramolecular Hbond substituents is 2. The fraction of sp³-hybridized carbons (Fsp3) is 0. The van der Waals surface area contributed by atoms with E-state index in [9.17, 15) is 15.0 Å². The van der Waals surface area contributed by atoms with E-state index in [4.69, 9.17) is 0 Å². The summed E-state index contributed by atoms with van der Waals surface area (Å²) in [5.74, 6) is -0.0610. The summed E-state index contributed by atoms with van der Waals surface area (Å²) in [4.78, 5) is 12.1. The fourth-order valence-corrected chi connectivity index (χ4v) is 2.37. The highest BCUT2D eigenvalue weighted by molar-refractivity contribution is 6.08.